The van der Waals surface area contributed by atoms with Gasteiger partial charge in [0.1, 0.15) is 0 Å². The maximum Gasteiger partial charge on any atom is 0.269 e. The third-order valence-corrected chi connectivity index (χ3v) is 5.75. The Labute approximate surface area is 123 Å². The fourth-order valence-corrected chi connectivity index (χ4v) is 4.27. The molecule has 1 N–H and O–H groups in total. The van der Waals surface area contributed by atoms with Crippen LogP contribution in [0.1, 0.15) is 12.8 Å². The van der Waals surface area contributed by atoms with E-state index in [4.69, 9.17) is 0 Å². The second-order valence-corrected chi connectivity index (χ2v) is 7.41. The average Bonchev–Trinajstić information content (AvgIpc) is 3.08. The second-order valence-electron chi connectivity index (χ2n) is 5.64. The molecule has 7 heteroatoms. The van der Waals surface area contributed by atoms with Gasteiger partial charge >= 0.3 is 0 Å². The van der Waals surface area contributed by atoms with Gasteiger partial charge in [0.15, 0.2) is 0 Å². The van der Waals surface area contributed by atoms with Crippen LogP contribution < -0.4 is 4.72 Å². The highest BCUT2D eigenvalue weighted by Crippen LogP contribution is 2.43. The van der Waals surface area contributed by atoms with Crippen molar-refractivity contribution in [2.24, 2.45) is 17.8 Å². The van der Waals surface area contributed by atoms with Gasteiger partial charge in [-0.2, -0.15) is 0 Å². The molecule has 0 spiro atoms. The van der Waals surface area contributed by atoms with Crippen molar-refractivity contribution in [3.63, 3.8) is 0 Å². The van der Waals surface area contributed by atoms with Crippen molar-refractivity contribution in [3.05, 3.63) is 46.5 Å². The number of fused-ring (bicyclic) bond motifs is 2. The number of benzene rings is 1. The minimum absolute atomic E-state index is 0.0619. The molecule has 0 heterocycles. The number of nitrogens with zero attached hydrogens (tertiary/aromatic N) is 1. The van der Waals surface area contributed by atoms with Crippen molar-refractivity contribution in [3.8, 4) is 0 Å². The largest absolute Gasteiger partial charge is 0.269 e. The van der Waals surface area contributed by atoms with Crippen molar-refractivity contribution in [2.45, 2.75) is 17.7 Å². The molecule has 21 heavy (non-hydrogen) atoms. The van der Waals surface area contributed by atoms with Crippen LogP contribution in [-0.4, -0.2) is 19.9 Å². The molecule has 0 aromatic heterocycles. The smallest absolute Gasteiger partial charge is 0.258 e. The number of nitrogens with one attached hydrogen (secondary N) is 1. The van der Waals surface area contributed by atoms with Gasteiger partial charge < -0.3 is 0 Å². The Morgan fingerprint density at radius 3 is 2.43 bits per heavy atom. The molecule has 2 bridgehead atoms. The summed E-state index contributed by atoms with van der Waals surface area (Å²) in [6, 6.07) is 4.94. The Morgan fingerprint density at radius 1 is 1.19 bits per heavy atom. The van der Waals surface area contributed by atoms with Crippen molar-refractivity contribution in [1.29, 1.82) is 0 Å². The summed E-state index contributed by atoms with van der Waals surface area (Å²) in [6.07, 6.45) is 6.55. The standard InChI is InChI=1S/C14H16N2O4S/c17-16(18)13-3-5-14(6-4-13)21(19,20)15-9-12-8-10-1-2-11(12)7-10/h1-6,10-12,15H,7-9H2/t10-,11+,12-/m0/s1. The van der Waals surface area contributed by atoms with E-state index in [0.29, 0.717) is 24.3 Å². The van der Waals surface area contributed by atoms with Gasteiger partial charge in [-0.25, -0.2) is 13.1 Å². The third-order valence-electron chi connectivity index (χ3n) is 4.31. The Hall–Kier alpha value is -1.73. The van der Waals surface area contributed by atoms with Crippen LogP contribution in [0.2, 0.25) is 0 Å². The first kappa shape index (κ1) is 14.2. The van der Waals surface area contributed by atoms with Crippen LogP contribution >= 0.6 is 0 Å². The summed E-state index contributed by atoms with van der Waals surface area (Å²) in [5, 5.41) is 10.6. The fourth-order valence-electron chi connectivity index (χ4n) is 3.18. The monoisotopic (exact) mass is 308 g/mol. The predicted octanol–water partition coefficient (Wildman–Crippen LogP) is 2.09. The third kappa shape index (κ3) is 2.84. The summed E-state index contributed by atoms with van der Waals surface area (Å²) in [5.74, 6) is 1.44. The van der Waals surface area contributed by atoms with Gasteiger partial charge in [0, 0.05) is 18.7 Å². The lowest BCUT2D eigenvalue weighted by Crippen LogP contribution is -2.31. The minimum Gasteiger partial charge on any atom is -0.258 e. The van der Waals surface area contributed by atoms with E-state index >= 15 is 0 Å². The number of hydrogen-bond acceptors (Lipinski definition) is 4. The molecule has 112 valence electrons. The lowest BCUT2D eigenvalue weighted by Gasteiger charge is -2.18. The van der Waals surface area contributed by atoms with Crippen molar-refractivity contribution in [2.75, 3.05) is 6.54 Å². The number of nitro groups is 1. The Bertz CT molecular complexity index is 681. The molecule has 1 fully saturated rings. The highest BCUT2D eigenvalue weighted by molar-refractivity contribution is 7.89. The summed E-state index contributed by atoms with van der Waals surface area (Å²) in [6.45, 7) is 0.421. The molecule has 2 aliphatic carbocycles. The normalized spacial score (nSPS) is 27.1. The molecule has 3 atom stereocenters. The zero-order valence-electron chi connectivity index (χ0n) is 11.3. The molecule has 1 aromatic rings. The van der Waals surface area contributed by atoms with Crippen molar-refractivity contribution >= 4 is 15.7 Å². The van der Waals surface area contributed by atoms with E-state index in [9.17, 15) is 18.5 Å². The molecule has 0 radical (unpaired) electrons. The molecular weight excluding hydrogens is 292 g/mol. The Kier molecular flexibility index (Phi) is 3.54. The summed E-state index contributed by atoms with van der Waals surface area (Å²) in [4.78, 5) is 10.1. The maximum atomic E-state index is 12.2. The topological polar surface area (TPSA) is 89.3 Å². The molecule has 1 aromatic carbocycles. The summed E-state index contributed by atoms with van der Waals surface area (Å²) in [7, 11) is -3.60. The number of nitro benzene ring substituents is 1. The van der Waals surface area contributed by atoms with Gasteiger partial charge in [-0.15, -0.1) is 0 Å². The highest BCUT2D eigenvalue weighted by atomic mass is 32.2. The van der Waals surface area contributed by atoms with Crippen molar-refractivity contribution < 1.29 is 13.3 Å². The molecule has 6 nitrogen and oxygen atoms in total. The van der Waals surface area contributed by atoms with E-state index in [1.54, 1.807) is 0 Å². The van der Waals surface area contributed by atoms with E-state index in [0.717, 1.165) is 12.8 Å². The average molecular weight is 308 g/mol. The van der Waals surface area contributed by atoms with Crippen LogP contribution in [0.15, 0.2) is 41.3 Å². The fraction of sp³-hybridized carbons (Fsp3) is 0.429. The molecule has 0 unspecified atom stereocenters. The lowest BCUT2D eigenvalue weighted by molar-refractivity contribution is -0.384. The number of hydrogen-bond donors (Lipinski definition) is 1. The van der Waals surface area contributed by atoms with E-state index in [-0.39, 0.29) is 10.6 Å². The van der Waals surface area contributed by atoms with Gasteiger partial charge in [-0.05, 0) is 42.7 Å². The number of sulfonamides is 1. The van der Waals surface area contributed by atoms with Crippen LogP contribution in [0.5, 0.6) is 0 Å². The summed E-state index contributed by atoms with van der Waals surface area (Å²) in [5.41, 5.74) is -0.118. The van der Waals surface area contributed by atoms with Crippen LogP contribution in [0.25, 0.3) is 0 Å². The summed E-state index contributed by atoms with van der Waals surface area (Å²) < 4.78 is 27.0. The lowest BCUT2D eigenvalue weighted by atomic mass is 9.94. The quantitative estimate of drug-likeness (QED) is 0.512. The number of non-ortho nitro benzene ring substituents is 1. The zero-order valence-corrected chi connectivity index (χ0v) is 12.1. The predicted molar refractivity (Wildman–Crippen MR) is 77.1 cm³/mol. The SMILES string of the molecule is O=[N+]([O-])c1ccc(S(=O)(=O)NC[C@@H]2C[C@H]3C=C[C@@H]2C3)cc1. The maximum absolute atomic E-state index is 12.2. The van der Waals surface area contributed by atoms with Gasteiger partial charge in [0.2, 0.25) is 10.0 Å². The molecule has 0 amide bonds. The first-order valence-corrected chi connectivity index (χ1v) is 8.36. The second kappa shape index (κ2) is 5.23. The van der Waals surface area contributed by atoms with Crippen LogP contribution in [0.3, 0.4) is 0 Å². The molecule has 1 saturated carbocycles. The van der Waals surface area contributed by atoms with Gasteiger partial charge in [0.05, 0.1) is 9.82 Å². The van der Waals surface area contributed by atoms with E-state index in [1.165, 1.54) is 24.3 Å². The van der Waals surface area contributed by atoms with Crippen molar-refractivity contribution in [1.82, 2.24) is 4.72 Å². The van der Waals surface area contributed by atoms with Gasteiger partial charge in [-0.3, -0.25) is 10.1 Å². The van der Waals surface area contributed by atoms with E-state index < -0.39 is 14.9 Å². The summed E-state index contributed by atoms with van der Waals surface area (Å²) >= 11 is 0. The molecular formula is C14H16N2O4S. The van der Waals surface area contributed by atoms with E-state index in [2.05, 4.69) is 16.9 Å². The molecule has 2 aliphatic rings. The van der Waals surface area contributed by atoms with Gasteiger partial charge in [0.25, 0.3) is 5.69 Å². The zero-order chi connectivity index (χ0) is 15.0. The minimum atomic E-state index is -3.60. The highest BCUT2D eigenvalue weighted by Gasteiger charge is 2.35. The van der Waals surface area contributed by atoms with Crippen LogP contribution in [-0.2, 0) is 10.0 Å². The Morgan fingerprint density at radius 2 is 1.90 bits per heavy atom. The molecule has 3 rings (SSSR count). The number of allylic oxidation sites excluding steroid dienone is 2. The van der Waals surface area contributed by atoms with Crippen LogP contribution in [0.4, 0.5) is 5.69 Å². The van der Waals surface area contributed by atoms with Gasteiger partial charge in [-0.1, -0.05) is 12.2 Å². The van der Waals surface area contributed by atoms with E-state index in [1.807, 2.05) is 0 Å². The molecule has 0 aliphatic heterocycles. The number of rotatable bonds is 5. The Balaban J connectivity index is 1.66. The van der Waals surface area contributed by atoms with Crippen LogP contribution in [0, 0.1) is 27.9 Å². The first-order chi connectivity index (χ1) is 9.95. The molecule has 0 saturated heterocycles. The first-order valence-electron chi connectivity index (χ1n) is 6.88.